The fourth-order valence-electron chi connectivity index (χ4n) is 2.88. The molecule has 14 heavy (non-hydrogen) atoms. The van der Waals surface area contributed by atoms with E-state index in [0.29, 0.717) is 5.41 Å². The van der Waals surface area contributed by atoms with Crippen LogP contribution in [0, 0.1) is 11.3 Å². The second-order valence-corrected chi connectivity index (χ2v) is 5.21. The number of nitrogens with one attached hydrogen (secondary N) is 1. The van der Waals surface area contributed by atoms with Crippen LogP contribution in [-0.2, 0) is 0 Å². The predicted molar refractivity (Wildman–Crippen MR) is 60.3 cm³/mol. The van der Waals surface area contributed by atoms with Crippen LogP contribution in [0.25, 0.3) is 0 Å². The Hall–Kier alpha value is -0.0800. The van der Waals surface area contributed by atoms with Gasteiger partial charge < -0.3 is 10.4 Å². The van der Waals surface area contributed by atoms with Gasteiger partial charge in [-0.1, -0.05) is 26.7 Å². The zero-order chi connectivity index (χ0) is 10.4. The fourth-order valence-corrected chi connectivity index (χ4v) is 2.88. The molecule has 1 aliphatic rings. The maximum Gasteiger partial charge on any atom is 0.0555 e. The molecule has 1 aliphatic carbocycles. The largest absolute Gasteiger partial charge is 0.395 e. The van der Waals surface area contributed by atoms with E-state index in [4.69, 9.17) is 5.11 Å². The average Bonchev–Trinajstić information content (AvgIpc) is 2.53. The van der Waals surface area contributed by atoms with Gasteiger partial charge in [-0.2, -0.15) is 0 Å². The molecular formula is C12H25NO. The molecule has 0 unspecified atom stereocenters. The number of aliphatic hydroxyl groups excluding tert-OH is 1. The number of rotatable bonds is 6. The van der Waals surface area contributed by atoms with E-state index in [0.717, 1.165) is 19.0 Å². The fraction of sp³-hybridized carbons (Fsp3) is 1.00. The summed E-state index contributed by atoms with van der Waals surface area (Å²) in [5, 5.41) is 12.1. The van der Waals surface area contributed by atoms with Gasteiger partial charge in [0.15, 0.2) is 0 Å². The minimum atomic E-state index is 0.262. The third-order valence-corrected chi connectivity index (χ3v) is 3.29. The maximum absolute atomic E-state index is 8.74. The molecule has 0 saturated heterocycles. The van der Waals surface area contributed by atoms with Gasteiger partial charge in [-0.3, -0.25) is 0 Å². The molecule has 1 rings (SSSR count). The van der Waals surface area contributed by atoms with E-state index in [1.54, 1.807) is 0 Å². The molecule has 2 nitrogen and oxygen atoms in total. The smallest absolute Gasteiger partial charge is 0.0555 e. The first-order valence-electron chi connectivity index (χ1n) is 6.00. The SMILES string of the molecule is CC(C)CC1(CNCCO)CCCC1. The van der Waals surface area contributed by atoms with E-state index in [2.05, 4.69) is 19.2 Å². The van der Waals surface area contributed by atoms with Crippen LogP contribution in [0.5, 0.6) is 0 Å². The van der Waals surface area contributed by atoms with Crippen molar-refractivity contribution in [2.45, 2.75) is 46.0 Å². The highest BCUT2D eigenvalue weighted by Crippen LogP contribution is 2.42. The van der Waals surface area contributed by atoms with Gasteiger partial charge in [0, 0.05) is 13.1 Å². The van der Waals surface area contributed by atoms with Crippen molar-refractivity contribution in [2.24, 2.45) is 11.3 Å². The number of hydrogen-bond donors (Lipinski definition) is 2. The highest BCUT2D eigenvalue weighted by atomic mass is 16.3. The summed E-state index contributed by atoms with van der Waals surface area (Å²) in [6, 6.07) is 0. The first-order valence-corrected chi connectivity index (χ1v) is 6.00. The summed E-state index contributed by atoms with van der Waals surface area (Å²) in [7, 11) is 0. The van der Waals surface area contributed by atoms with Crippen LogP contribution in [0.3, 0.4) is 0 Å². The molecule has 0 aromatic rings. The Morgan fingerprint density at radius 2 is 1.93 bits per heavy atom. The van der Waals surface area contributed by atoms with E-state index in [9.17, 15) is 0 Å². The molecule has 84 valence electrons. The molecule has 0 amide bonds. The normalized spacial score (nSPS) is 20.6. The van der Waals surface area contributed by atoms with Crippen molar-refractivity contribution in [3.05, 3.63) is 0 Å². The molecule has 0 aliphatic heterocycles. The Bertz CT molecular complexity index is 150. The van der Waals surface area contributed by atoms with Gasteiger partial charge in [0.05, 0.1) is 6.61 Å². The molecule has 1 saturated carbocycles. The minimum absolute atomic E-state index is 0.262. The van der Waals surface area contributed by atoms with E-state index >= 15 is 0 Å². The molecule has 0 heterocycles. The lowest BCUT2D eigenvalue weighted by Gasteiger charge is -2.31. The number of hydrogen-bond acceptors (Lipinski definition) is 2. The van der Waals surface area contributed by atoms with Gasteiger partial charge >= 0.3 is 0 Å². The highest BCUT2D eigenvalue weighted by molar-refractivity contribution is 4.87. The molecule has 0 aromatic heterocycles. The Labute approximate surface area is 88.1 Å². The monoisotopic (exact) mass is 199 g/mol. The Morgan fingerprint density at radius 3 is 2.43 bits per heavy atom. The number of aliphatic hydroxyl groups is 1. The molecule has 0 aromatic carbocycles. The molecule has 0 radical (unpaired) electrons. The van der Waals surface area contributed by atoms with Gasteiger partial charge in [-0.15, -0.1) is 0 Å². The van der Waals surface area contributed by atoms with Crippen LogP contribution in [-0.4, -0.2) is 24.8 Å². The van der Waals surface area contributed by atoms with Crippen molar-refractivity contribution in [3.63, 3.8) is 0 Å². The Morgan fingerprint density at radius 1 is 1.29 bits per heavy atom. The highest BCUT2D eigenvalue weighted by Gasteiger charge is 2.33. The van der Waals surface area contributed by atoms with E-state index in [-0.39, 0.29) is 6.61 Å². The first kappa shape index (κ1) is 12.0. The molecular weight excluding hydrogens is 174 g/mol. The topological polar surface area (TPSA) is 32.3 Å². The molecule has 1 fully saturated rings. The lowest BCUT2D eigenvalue weighted by Crippen LogP contribution is -2.34. The summed E-state index contributed by atoms with van der Waals surface area (Å²) in [6.45, 7) is 6.74. The summed E-state index contributed by atoms with van der Waals surface area (Å²) in [6.07, 6.45) is 6.89. The summed E-state index contributed by atoms with van der Waals surface area (Å²) in [5.41, 5.74) is 0.545. The van der Waals surface area contributed by atoms with Gasteiger partial charge in [-0.05, 0) is 30.6 Å². The summed E-state index contributed by atoms with van der Waals surface area (Å²) in [5.74, 6) is 0.795. The van der Waals surface area contributed by atoms with Crippen molar-refractivity contribution in [3.8, 4) is 0 Å². The lowest BCUT2D eigenvalue weighted by atomic mass is 9.78. The van der Waals surface area contributed by atoms with E-state index in [1.807, 2.05) is 0 Å². The maximum atomic E-state index is 8.74. The first-order chi connectivity index (χ1) is 6.68. The zero-order valence-corrected chi connectivity index (χ0v) is 9.68. The summed E-state index contributed by atoms with van der Waals surface area (Å²) in [4.78, 5) is 0. The van der Waals surface area contributed by atoms with Crippen LogP contribution >= 0.6 is 0 Å². The standard InChI is InChI=1S/C12H25NO/c1-11(2)9-12(5-3-4-6-12)10-13-7-8-14/h11,13-14H,3-10H2,1-2H3. The third kappa shape index (κ3) is 3.58. The van der Waals surface area contributed by atoms with Gasteiger partial charge in [0.25, 0.3) is 0 Å². The van der Waals surface area contributed by atoms with Gasteiger partial charge in [0.2, 0.25) is 0 Å². The Balaban J connectivity index is 2.36. The second-order valence-electron chi connectivity index (χ2n) is 5.21. The zero-order valence-electron chi connectivity index (χ0n) is 9.68. The lowest BCUT2D eigenvalue weighted by molar-refractivity contribution is 0.213. The molecule has 0 bridgehead atoms. The second kappa shape index (κ2) is 5.72. The van der Waals surface area contributed by atoms with Gasteiger partial charge in [-0.25, -0.2) is 0 Å². The van der Waals surface area contributed by atoms with Gasteiger partial charge in [0.1, 0.15) is 0 Å². The molecule has 2 N–H and O–H groups in total. The van der Waals surface area contributed by atoms with Crippen LogP contribution in [0.1, 0.15) is 46.0 Å². The molecule has 0 spiro atoms. The van der Waals surface area contributed by atoms with Crippen molar-refractivity contribution < 1.29 is 5.11 Å². The summed E-state index contributed by atoms with van der Waals surface area (Å²) >= 11 is 0. The van der Waals surface area contributed by atoms with Crippen molar-refractivity contribution in [1.82, 2.24) is 5.32 Å². The quantitative estimate of drug-likeness (QED) is 0.643. The van der Waals surface area contributed by atoms with Crippen LogP contribution in [0.2, 0.25) is 0 Å². The minimum Gasteiger partial charge on any atom is -0.395 e. The van der Waals surface area contributed by atoms with Crippen molar-refractivity contribution >= 4 is 0 Å². The van der Waals surface area contributed by atoms with Crippen LogP contribution < -0.4 is 5.32 Å². The molecule has 0 atom stereocenters. The van der Waals surface area contributed by atoms with Crippen LogP contribution in [0.4, 0.5) is 0 Å². The van der Waals surface area contributed by atoms with Crippen molar-refractivity contribution in [2.75, 3.05) is 19.7 Å². The van der Waals surface area contributed by atoms with E-state index < -0.39 is 0 Å². The average molecular weight is 199 g/mol. The molecule has 2 heteroatoms. The third-order valence-electron chi connectivity index (χ3n) is 3.29. The van der Waals surface area contributed by atoms with E-state index in [1.165, 1.54) is 32.1 Å². The van der Waals surface area contributed by atoms with Crippen LogP contribution in [0.15, 0.2) is 0 Å². The predicted octanol–water partition coefficient (Wildman–Crippen LogP) is 2.17. The summed E-state index contributed by atoms with van der Waals surface area (Å²) < 4.78 is 0. The van der Waals surface area contributed by atoms with Crippen molar-refractivity contribution in [1.29, 1.82) is 0 Å². The Kier molecular flexibility index (Phi) is 4.90.